The first kappa shape index (κ1) is 29.3. The van der Waals surface area contributed by atoms with E-state index < -0.39 is 66.9 Å². The quantitative estimate of drug-likeness (QED) is 0.146. The molecule has 13 heteroatoms. The van der Waals surface area contributed by atoms with Gasteiger partial charge in [0.25, 0.3) is 0 Å². The highest BCUT2D eigenvalue weighted by atomic mass is 16.4. The number of carbonyl (C=O) groups is 5. The highest BCUT2D eigenvalue weighted by Gasteiger charge is 2.29. The van der Waals surface area contributed by atoms with Crippen molar-refractivity contribution in [1.82, 2.24) is 21.3 Å². The van der Waals surface area contributed by atoms with E-state index in [1.807, 2.05) is 0 Å². The number of carbonyl (C=O) groups excluding carboxylic acids is 4. The molecule has 0 heterocycles. The van der Waals surface area contributed by atoms with E-state index in [0.29, 0.717) is 5.56 Å². The number of phenols is 1. The lowest BCUT2D eigenvalue weighted by molar-refractivity contribution is -0.138. The first-order chi connectivity index (χ1) is 16.3. The molecule has 0 bridgehead atoms. The van der Waals surface area contributed by atoms with Crippen LogP contribution in [0.15, 0.2) is 24.3 Å². The second-order valence-corrected chi connectivity index (χ2v) is 8.32. The first-order valence-electron chi connectivity index (χ1n) is 10.9. The zero-order valence-corrected chi connectivity index (χ0v) is 19.8. The molecule has 0 radical (unpaired) electrons. The normalized spacial score (nSPS) is 14.2. The van der Waals surface area contributed by atoms with Crippen molar-refractivity contribution in [3.63, 3.8) is 0 Å². The van der Waals surface area contributed by atoms with E-state index in [0.717, 1.165) is 0 Å². The Balaban J connectivity index is 2.80. The van der Waals surface area contributed by atoms with Crippen LogP contribution in [0, 0.1) is 5.92 Å². The molecule has 4 atom stereocenters. The van der Waals surface area contributed by atoms with Crippen LogP contribution < -0.4 is 27.0 Å². The summed E-state index contributed by atoms with van der Waals surface area (Å²) in [4.78, 5) is 60.3. The summed E-state index contributed by atoms with van der Waals surface area (Å²) < 4.78 is 0. The van der Waals surface area contributed by atoms with Crippen LogP contribution in [0.3, 0.4) is 0 Å². The van der Waals surface area contributed by atoms with Crippen LogP contribution in [0.25, 0.3) is 0 Å². The maximum atomic E-state index is 12.6. The Morgan fingerprint density at radius 1 is 0.886 bits per heavy atom. The van der Waals surface area contributed by atoms with Crippen LogP contribution in [0.4, 0.5) is 0 Å². The van der Waals surface area contributed by atoms with E-state index in [1.54, 1.807) is 13.8 Å². The fourth-order valence-electron chi connectivity index (χ4n) is 2.89. The predicted octanol–water partition coefficient (Wildman–Crippen LogP) is -2.41. The predicted molar refractivity (Wildman–Crippen MR) is 124 cm³/mol. The SMILES string of the molecule is CC(C)[C@H](NC(=O)[C@@H](N)[C@@H](C)O)C(=O)NCC(=O)N[C@@H](Cc1ccc(O)cc1)C(=O)NCC(=O)O. The standard InChI is InChI=1S/C22H33N5O8/c1-11(2)19(27-21(34)18(23)12(3)28)22(35)24-9-16(30)26-15(20(33)25-10-17(31)32)8-13-4-6-14(29)7-5-13/h4-7,11-12,15,18-19,28-29H,8-10,23H2,1-3H3,(H,24,35)(H,25,33)(H,26,30)(H,27,34)(H,31,32)/t12-,15+,18+,19+/m1/s1. The minimum atomic E-state index is -1.27. The number of nitrogens with one attached hydrogen (secondary N) is 4. The summed E-state index contributed by atoms with van der Waals surface area (Å²) in [6.07, 6.45) is -1.14. The molecule has 0 aromatic heterocycles. The van der Waals surface area contributed by atoms with Crippen molar-refractivity contribution < 1.29 is 39.3 Å². The number of phenolic OH excluding ortho intramolecular Hbond substituents is 1. The van der Waals surface area contributed by atoms with Crippen LogP contribution in [0.2, 0.25) is 0 Å². The molecular weight excluding hydrogens is 462 g/mol. The fraction of sp³-hybridized carbons (Fsp3) is 0.500. The van der Waals surface area contributed by atoms with Crippen molar-refractivity contribution in [1.29, 1.82) is 0 Å². The van der Waals surface area contributed by atoms with Crippen LogP contribution in [-0.4, -0.2) is 82.2 Å². The molecule has 1 aromatic carbocycles. The number of carboxylic acids is 1. The highest BCUT2D eigenvalue weighted by molar-refractivity contribution is 5.94. The molecule has 1 rings (SSSR count). The van der Waals surface area contributed by atoms with Gasteiger partial charge in [-0.1, -0.05) is 26.0 Å². The van der Waals surface area contributed by atoms with E-state index in [1.165, 1.54) is 31.2 Å². The maximum absolute atomic E-state index is 12.6. The first-order valence-corrected chi connectivity index (χ1v) is 10.9. The summed E-state index contributed by atoms with van der Waals surface area (Å²) in [7, 11) is 0. The van der Waals surface area contributed by atoms with Crippen molar-refractivity contribution in [2.24, 2.45) is 11.7 Å². The van der Waals surface area contributed by atoms with Gasteiger partial charge in [-0.2, -0.15) is 0 Å². The number of benzene rings is 1. The average molecular weight is 496 g/mol. The Morgan fingerprint density at radius 2 is 1.46 bits per heavy atom. The average Bonchev–Trinajstić information content (AvgIpc) is 2.79. The van der Waals surface area contributed by atoms with E-state index in [-0.39, 0.29) is 18.1 Å². The van der Waals surface area contributed by atoms with Gasteiger partial charge in [-0.25, -0.2) is 0 Å². The van der Waals surface area contributed by atoms with Gasteiger partial charge >= 0.3 is 5.97 Å². The fourth-order valence-corrected chi connectivity index (χ4v) is 2.89. The summed E-state index contributed by atoms with van der Waals surface area (Å²) in [6.45, 7) is 3.48. The van der Waals surface area contributed by atoms with E-state index in [4.69, 9.17) is 10.8 Å². The number of hydrogen-bond acceptors (Lipinski definition) is 8. The molecule has 0 spiro atoms. The summed E-state index contributed by atoms with van der Waals surface area (Å²) in [6, 6.07) is 2.43. The van der Waals surface area contributed by atoms with E-state index in [9.17, 15) is 34.2 Å². The summed E-state index contributed by atoms with van der Waals surface area (Å²) in [5.41, 5.74) is 6.17. The van der Waals surface area contributed by atoms with Gasteiger partial charge in [0.15, 0.2) is 0 Å². The summed E-state index contributed by atoms with van der Waals surface area (Å²) >= 11 is 0. The molecule has 194 valence electrons. The van der Waals surface area contributed by atoms with Crippen molar-refractivity contribution in [3.05, 3.63) is 29.8 Å². The summed E-state index contributed by atoms with van der Waals surface area (Å²) in [5.74, 6) is -4.52. The molecule has 0 saturated heterocycles. The number of aliphatic carboxylic acids is 1. The van der Waals surface area contributed by atoms with E-state index in [2.05, 4.69) is 21.3 Å². The number of hydrogen-bond donors (Lipinski definition) is 8. The zero-order valence-electron chi connectivity index (χ0n) is 19.8. The Bertz CT molecular complexity index is 904. The zero-order chi connectivity index (χ0) is 26.7. The van der Waals surface area contributed by atoms with Crippen LogP contribution in [0.1, 0.15) is 26.3 Å². The Kier molecular flexibility index (Phi) is 11.6. The Hall–Kier alpha value is -3.71. The molecule has 0 saturated carbocycles. The van der Waals surface area contributed by atoms with Gasteiger partial charge in [0.2, 0.25) is 23.6 Å². The third kappa shape index (κ3) is 10.4. The maximum Gasteiger partial charge on any atom is 0.322 e. The van der Waals surface area contributed by atoms with Crippen molar-refractivity contribution in [2.45, 2.75) is 51.4 Å². The van der Waals surface area contributed by atoms with Gasteiger partial charge < -0.3 is 42.3 Å². The number of aliphatic hydroxyl groups is 1. The van der Waals surface area contributed by atoms with Crippen LogP contribution in [0.5, 0.6) is 5.75 Å². The molecule has 4 amide bonds. The number of amides is 4. The second kappa shape index (κ2) is 13.9. The minimum Gasteiger partial charge on any atom is -0.508 e. The van der Waals surface area contributed by atoms with Crippen molar-refractivity contribution in [3.8, 4) is 5.75 Å². The number of carboxylic acid groups (broad SMARTS) is 1. The molecule has 0 fully saturated rings. The number of aliphatic hydroxyl groups excluding tert-OH is 1. The molecule has 13 nitrogen and oxygen atoms in total. The molecule has 1 aromatic rings. The third-order valence-electron chi connectivity index (χ3n) is 4.93. The number of aromatic hydroxyl groups is 1. The second-order valence-electron chi connectivity index (χ2n) is 8.32. The molecular formula is C22H33N5O8. The van der Waals surface area contributed by atoms with Crippen molar-refractivity contribution in [2.75, 3.05) is 13.1 Å². The minimum absolute atomic E-state index is 0.00662. The Morgan fingerprint density at radius 3 is 1.97 bits per heavy atom. The number of rotatable bonds is 13. The van der Waals surface area contributed by atoms with Crippen LogP contribution in [-0.2, 0) is 30.4 Å². The lowest BCUT2D eigenvalue weighted by Crippen LogP contribution is -2.57. The van der Waals surface area contributed by atoms with Gasteiger partial charge in [0, 0.05) is 6.42 Å². The van der Waals surface area contributed by atoms with Crippen LogP contribution >= 0.6 is 0 Å². The summed E-state index contributed by atoms with van der Waals surface area (Å²) in [5, 5.41) is 37.1. The lowest BCUT2D eigenvalue weighted by atomic mass is 10.0. The van der Waals surface area contributed by atoms with Gasteiger partial charge in [0.05, 0.1) is 12.6 Å². The lowest BCUT2D eigenvalue weighted by Gasteiger charge is -2.24. The molecule has 0 aliphatic carbocycles. The van der Waals surface area contributed by atoms with E-state index >= 15 is 0 Å². The van der Waals surface area contributed by atoms with Gasteiger partial charge in [-0.15, -0.1) is 0 Å². The molecule has 0 aliphatic rings. The molecule has 0 aliphatic heterocycles. The highest BCUT2D eigenvalue weighted by Crippen LogP contribution is 2.11. The number of nitrogens with two attached hydrogens (primary N) is 1. The molecule has 0 unspecified atom stereocenters. The Labute approximate surface area is 202 Å². The van der Waals surface area contributed by atoms with Crippen molar-refractivity contribution >= 4 is 29.6 Å². The monoisotopic (exact) mass is 495 g/mol. The van der Waals surface area contributed by atoms with Gasteiger partial charge in [-0.3, -0.25) is 24.0 Å². The smallest absolute Gasteiger partial charge is 0.322 e. The third-order valence-corrected chi connectivity index (χ3v) is 4.93. The topological polar surface area (TPSA) is 220 Å². The molecule has 35 heavy (non-hydrogen) atoms. The molecule has 9 N–H and O–H groups in total. The largest absolute Gasteiger partial charge is 0.508 e. The van der Waals surface area contributed by atoms with Gasteiger partial charge in [0.1, 0.15) is 30.4 Å². The van der Waals surface area contributed by atoms with Gasteiger partial charge in [-0.05, 0) is 30.5 Å².